The molecule has 11 nitrogen and oxygen atoms in total. The fourth-order valence-electron chi connectivity index (χ4n) is 3.40. The Kier molecular flexibility index (Phi) is 14.5. The van der Waals surface area contributed by atoms with Gasteiger partial charge in [-0.1, -0.05) is 44.7 Å². The van der Waals surface area contributed by atoms with Crippen LogP contribution in [-0.4, -0.2) is 74.5 Å². The van der Waals surface area contributed by atoms with Crippen LogP contribution in [0.4, 0.5) is 4.79 Å². The lowest BCUT2D eigenvalue weighted by molar-refractivity contribution is -0.147. The minimum atomic E-state index is -1.09. The highest BCUT2D eigenvalue weighted by Gasteiger charge is 2.32. The third-order valence-electron chi connectivity index (χ3n) is 5.31. The molecule has 3 atom stereocenters. The number of carbonyl (C=O) groups is 4. The van der Waals surface area contributed by atoms with Gasteiger partial charge in [0.05, 0.1) is 20.3 Å². The van der Waals surface area contributed by atoms with Crippen LogP contribution in [0.1, 0.15) is 40.2 Å². The van der Waals surface area contributed by atoms with Crippen LogP contribution in [0.3, 0.4) is 0 Å². The van der Waals surface area contributed by atoms with E-state index < -0.39 is 47.6 Å². The van der Waals surface area contributed by atoms with Crippen LogP contribution in [0.15, 0.2) is 49.6 Å². The maximum absolute atomic E-state index is 13.4. The predicted molar refractivity (Wildman–Crippen MR) is 151 cm³/mol. The molecule has 222 valence electrons. The zero-order valence-corrected chi connectivity index (χ0v) is 24.3. The summed E-state index contributed by atoms with van der Waals surface area (Å²) in [6.07, 6.45) is 2.46. The number of esters is 1. The van der Waals surface area contributed by atoms with Crippen molar-refractivity contribution in [3.63, 3.8) is 0 Å². The number of methoxy groups -OCH3 is 1. The van der Waals surface area contributed by atoms with Crippen molar-refractivity contribution in [2.75, 3.05) is 26.9 Å². The molecule has 11 heteroatoms. The second kappa shape index (κ2) is 17.0. The molecule has 3 amide bonds. The third-order valence-corrected chi connectivity index (χ3v) is 5.31. The summed E-state index contributed by atoms with van der Waals surface area (Å²) in [5.41, 5.74) is -0.0514. The SMILES string of the molecule is C=CCOC[C@H](NC(=O)[C@@H](NC(=O)[C@H](Cc1ccc(OCC=C)cc1)NC(=O)OC(C)(C)C)C(C)C)C(=O)OC. The van der Waals surface area contributed by atoms with E-state index in [-0.39, 0.29) is 25.6 Å². The average Bonchev–Trinajstić information content (AvgIpc) is 2.88. The van der Waals surface area contributed by atoms with E-state index in [1.807, 2.05) is 0 Å². The van der Waals surface area contributed by atoms with Crippen LogP contribution in [0.2, 0.25) is 0 Å². The first kappa shape index (κ1) is 34.2. The molecule has 0 aliphatic carbocycles. The van der Waals surface area contributed by atoms with Gasteiger partial charge < -0.3 is 34.9 Å². The van der Waals surface area contributed by atoms with Gasteiger partial charge in [0.2, 0.25) is 11.8 Å². The van der Waals surface area contributed by atoms with Crippen molar-refractivity contribution in [2.45, 2.75) is 64.8 Å². The second-order valence-corrected chi connectivity index (χ2v) is 10.3. The molecule has 1 aromatic rings. The number of carbonyl (C=O) groups excluding carboxylic acids is 4. The molecule has 0 radical (unpaired) electrons. The number of ether oxygens (including phenoxy) is 4. The highest BCUT2D eigenvalue weighted by Crippen LogP contribution is 2.15. The molecular formula is C29H43N3O8. The standard InChI is InChI=1S/C29H43N3O8/c1-9-15-38-18-23(27(35)37-8)30-26(34)24(19(3)4)32-25(33)22(31-28(36)40-29(5,6)7)17-20-11-13-21(14-12-20)39-16-10-2/h9-14,19,22-24H,1-2,15-18H2,3-8H3,(H,30,34)(H,31,36)(H,32,33)/t22-,23-,24-/m0/s1. The van der Waals surface area contributed by atoms with Gasteiger partial charge in [-0.15, -0.1) is 6.58 Å². The summed E-state index contributed by atoms with van der Waals surface area (Å²) in [5.74, 6) is -1.65. The smallest absolute Gasteiger partial charge is 0.408 e. The van der Waals surface area contributed by atoms with E-state index in [4.69, 9.17) is 18.9 Å². The number of benzene rings is 1. The monoisotopic (exact) mass is 561 g/mol. The third kappa shape index (κ3) is 12.8. The molecular weight excluding hydrogens is 518 g/mol. The lowest BCUT2D eigenvalue weighted by Gasteiger charge is -2.27. The van der Waals surface area contributed by atoms with Gasteiger partial charge in [-0.25, -0.2) is 9.59 Å². The summed E-state index contributed by atoms with van der Waals surface area (Å²) in [4.78, 5) is 51.3. The van der Waals surface area contributed by atoms with E-state index >= 15 is 0 Å². The molecule has 0 bridgehead atoms. The number of hydrogen-bond acceptors (Lipinski definition) is 8. The highest BCUT2D eigenvalue weighted by molar-refractivity contribution is 5.93. The summed E-state index contributed by atoms with van der Waals surface area (Å²) in [7, 11) is 1.20. The van der Waals surface area contributed by atoms with E-state index in [9.17, 15) is 19.2 Å². The number of nitrogens with one attached hydrogen (secondary N) is 3. The van der Waals surface area contributed by atoms with E-state index in [0.29, 0.717) is 12.4 Å². The molecule has 0 saturated heterocycles. The summed E-state index contributed by atoms with van der Waals surface area (Å²) in [6, 6.07) is 3.83. The minimum Gasteiger partial charge on any atom is -0.490 e. The topological polar surface area (TPSA) is 141 Å². The van der Waals surface area contributed by atoms with Gasteiger partial charge in [-0.05, 0) is 44.4 Å². The molecule has 0 aliphatic rings. The molecule has 1 rings (SSSR count). The Morgan fingerprint density at radius 3 is 2.05 bits per heavy atom. The second-order valence-electron chi connectivity index (χ2n) is 10.3. The van der Waals surface area contributed by atoms with Crippen molar-refractivity contribution >= 4 is 23.9 Å². The van der Waals surface area contributed by atoms with Crippen molar-refractivity contribution in [2.24, 2.45) is 5.92 Å². The molecule has 0 fully saturated rings. The predicted octanol–water partition coefficient (Wildman–Crippen LogP) is 2.69. The Morgan fingerprint density at radius 2 is 1.52 bits per heavy atom. The first-order valence-electron chi connectivity index (χ1n) is 13.0. The quantitative estimate of drug-likeness (QED) is 0.159. The van der Waals surface area contributed by atoms with Crippen LogP contribution in [-0.2, 0) is 35.0 Å². The number of amides is 3. The zero-order chi connectivity index (χ0) is 30.3. The summed E-state index contributed by atoms with van der Waals surface area (Å²) in [6.45, 7) is 16.1. The number of alkyl carbamates (subject to hydrolysis) is 1. The summed E-state index contributed by atoms with van der Waals surface area (Å²) < 4.78 is 20.9. The van der Waals surface area contributed by atoms with E-state index in [1.54, 1.807) is 65.0 Å². The van der Waals surface area contributed by atoms with Crippen LogP contribution < -0.4 is 20.7 Å². The fourth-order valence-corrected chi connectivity index (χ4v) is 3.40. The molecule has 0 heterocycles. The molecule has 0 aromatic heterocycles. The van der Waals surface area contributed by atoms with Crippen LogP contribution in [0.25, 0.3) is 0 Å². The molecule has 0 unspecified atom stereocenters. The Labute approximate surface area is 236 Å². The number of rotatable bonds is 16. The first-order chi connectivity index (χ1) is 18.8. The first-order valence-corrected chi connectivity index (χ1v) is 13.0. The molecule has 1 aromatic carbocycles. The van der Waals surface area contributed by atoms with Crippen molar-refractivity contribution in [1.82, 2.24) is 16.0 Å². The Morgan fingerprint density at radius 1 is 0.900 bits per heavy atom. The fraction of sp³-hybridized carbons (Fsp3) is 0.517. The molecule has 3 N–H and O–H groups in total. The molecule has 0 saturated carbocycles. The Hall–Kier alpha value is -3.86. The highest BCUT2D eigenvalue weighted by atomic mass is 16.6. The average molecular weight is 562 g/mol. The van der Waals surface area contributed by atoms with Gasteiger partial charge >= 0.3 is 12.1 Å². The van der Waals surface area contributed by atoms with Gasteiger partial charge in [0.15, 0.2) is 6.04 Å². The van der Waals surface area contributed by atoms with E-state index in [0.717, 1.165) is 5.56 Å². The summed E-state index contributed by atoms with van der Waals surface area (Å²) >= 11 is 0. The van der Waals surface area contributed by atoms with E-state index in [1.165, 1.54) is 13.2 Å². The maximum Gasteiger partial charge on any atom is 0.408 e. The van der Waals surface area contributed by atoms with Crippen molar-refractivity contribution < 1.29 is 38.1 Å². The van der Waals surface area contributed by atoms with Crippen LogP contribution in [0.5, 0.6) is 5.75 Å². The van der Waals surface area contributed by atoms with Crippen molar-refractivity contribution in [1.29, 1.82) is 0 Å². The molecule has 0 aliphatic heterocycles. The van der Waals surface area contributed by atoms with Gasteiger partial charge in [0.1, 0.15) is 30.0 Å². The number of hydrogen-bond donors (Lipinski definition) is 3. The van der Waals surface area contributed by atoms with Crippen molar-refractivity contribution in [3.8, 4) is 5.75 Å². The van der Waals surface area contributed by atoms with Gasteiger partial charge in [-0.3, -0.25) is 9.59 Å². The zero-order valence-electron chi connectivity index (χ0n) is 24.3. The summed E-state index contributed by atoms with van der Waals surface area (Å²) in [5, 5.41) is 7.89. The lowest BCUT2D eigenvalue weighted by Crippen LogP contribution is -2.58. The largest absolute Gasteiger partial charge is 0.490 e. The normalized spacial score (nSPS) is 13.3. The maximum atomic E-state index is 13.4. The van der Waals surface area contributed by atoms with Gasteiger partial charge in [0.25, 0.3) is 0 Å². The lowest BCUT2D eigenvalue weighted by atomic mass is 10.0. The molecule has 40 heavy (non-hydrogen) atoms. The van der Waals surface area contributed by atoms with E-state index in [2.05, 4.69) is 29.1 Å². The molecule has 0 spiro atoms. The van der Waals surface area contributed by atoms with Gasteiger partial charge in [0, 0.05) is 6.42 Å². The van der Waals surface area contributed by atoms with Crippen LogP contribution >= 0.6 is 0 Å². The Balaban J connectivity index is 3.12. The van der Waals surface area contributed by atoms with Crippen molar-refractivity contribution in [3.05, 3.63) is 55.1 Å². The van der Waals surface area contributed by atoms with Crippen LogP contribution in [0, 0.1) is 5.92 Å². The van der Waals surface area contributed by atoms with Gasteiger partial charge in [-0.2, -0.15) is 0 Å². The Bertz CT molecular complexity index is 1000. The minimum absolute atomic E-state index is 0.111.